The fourth-order valence-electron chi connectivity index (χ4n) is 4.32. The van der Waals surface area contributed by atoms with Gasteiger partial charge in [-0.3, -0.25) is 0 Å². The van der Waals surface area contributed by atoms with Gasteiger partial charge in [-0.05, 0) is 61.1 Å². The third kappa shape index (κ3) is 3.02. The summed E-state index contributed by atoms with van der Waals surface area (Å²) >= 11 is 0. The molecule has 0 bridgehead atoms. The molecule has 5 heteroatoms. The molecule has 1 unspecified atom stereocenters. The average molecular weight is 347 g/mol. The number of nitriles is 1. The SMILES string of the molecule is Cc1cccc(N2CCc3nc(N)c(C#N)c(C4CCCNC4)c3C2)c1. The quantitative estimate of drug-likeness (QED) is 0.873. The lowest BCUT2D eigenvalue weighted by Gasteiger charge is -2.35. The summed E-state index contributed by atoms with van der Waals surface area (Å²) < 4.78 is 0. The number of benzene rings is 1. The first-order valence-corrected chi connectivity index (χ1v) is 9.41. The van der Waals surface area contributed by atoms with Crippen molar-refractivity contribution < 1.29 is 0 Å². The van der Waals surface area contributed by atoms with Gasteiger partial charge in [-0.15, -0.1) is 0 Å². The second-order valence-electron chi connectivity index (χ2n) is 7.38. The number of aromatic nitrogens is 1. The molecule has 2 aliphatic rings. The Balaban J connectivity index is 1.78. The van der Waals surface area contributed by atoms with E-state index in [0.29, 0.717) is 17.3 Å². The summed E-state index contributed by atoms with van der Waals surface area (Å²) in [4.78, 5) is 6.99. The van der Waals surface area contributed by atoms with Gasteiger partial charge in [0.1, 0.15) is 11.9 Å². The maximum absolute atomic E-state index is 9.75. The highest BCUT2D eigenvalue weighted by molar-refractivity contribution is 5.61. The third-order valence-corrected chi connectivity index (χ3v) is 5.61. The second kappa shape index (κ2) is 6.97. The zero-order valence-corrected chi connectivity index (χ0v) is 15.3. The van der Waals surface area contributed by atoms with Crippen molar-refractivity contribution in [2.24, 2.45) is 0 Å². The summed E-state index contributed by atoms with van der Waals surface area (Å²) in [7, 11) is 0. The molecule has 0 aliphatic carbocycles. The van der Waals surface area contributed by atoms with Crippen molar-refractivity contribution in [3.63, 3.8) is 0 Å². The van der Waals surface area contributed by atoms with Crippen LogP contribution in [0.15, 0.2) is 24.3 Å². The normalized spacial score (nSPS) is 19.7. The van der Waals surface area contributed by atoms with Gasteiger partial charge in [-0.25, -0.2) is 4.98 Å². The van der Waals surface area contributed by atoms with Crippen LogP contribution in [0.2, 0.25) is 0 Å². The molecule has 5 nitrogen and oxygen atoms in total. The second-order valence-corrected chi connectivity index (χ2v) is 7.38. The minimum atomic E-state index is 0.343. The zero-order valence-electron chi connectivity index (χ0n) is 15.3. The number of nitrogens with two attached hydrogens (primary N) is 1. The molecule has 1 aromatic carbocycles. The summed E-state index contributed by atoms with van der Waals surface area (Å²) in [6.07, 6.45) is 3.10. The molecule has 2 aromatic rings. The molecule has 3 N–H and O–H groups in total. The Labute approximate surface area is 154 Å². The lowest BCUT2D eigenvalue weighted by atomic mass is 9.83. The number of anilines is 2. The molecule has 134 valence electrons. The molecule has 3 heterocycles. The van der Waals surface area contributed by atoms with Gasteiger partial charge in [0.25, 0.3) is 0 Å². The fraction of sp³-hybridized carbons (Fsp3) is 0.429. The van der Waals surface area contributed by atoms with E-state index in [1.165, 1.54) is 16.8 Å². The molecule has 0 saturated carbocycles. The topological polar surface area (TPSA) is 78.0 Å². The summed E-state index contributed by atoms with van der Waals surface area (Å²) in [5.74, 6) is 0.741. The first kappa shape index (κ1) is 16.9. The van der Waals surface area contributed by atoms with Gasteiger partial charge >= 0.3 is 0 Å². The van der Waals surface area contributed by atoms with Gasteiger partial charge in [0.15, 0.2) is 0 Å². The average Bonchev–Trinajstić information content (AvgIpc) is 2.67. The molecule has 1 atom stereocenters. The van der Waals surface area contributed by atoms with Crippen LogP contribution < -0.4 is 16.0 Å². The smallest absolute Gasteiger partial charge is 0.141 e. The highest BCUT2D eigenvalue weighted by Crippen LogP contribution is 2.36. The van der Waals surface area contributed by atoms with Crippen LogP contribution in [-0.4, -0.2) is 24.6 Å². The Hall–Kier alpha value is -2.58. The van der Waals surface area contributed by atoms with Gasteiger partial charge < -0.3 is 16.0 Å². The Morgan fingerprint density at radius 3 is 3.00 bits per heavy atom. The fourth-order valence-corrected chi connectivity index (χ4v) is 4.32. The van der Waals surface area contributed by atoms with Crippen LogP contribution in [0.25, 0.3) is 0 Å². The monoisotopic (exact) mass is 347 g/mol. The predicted molar refractivity (Wildman–Crippen MR) is 104 cm³/mol. The van der Waals surface area contributed by atoms with E-state index in [2.05, 4.69) is 52.5 Å². The molecule has 1 aromatic heterocycles. The van der Waals surface area contributed by atoms with Crippen LogP contribution in [0.3, 0.4) is 0 Å². The molecular formula is C21H25N5. The maximum Gasteiger partial charge on any atom is 0.141 e. The van der Waals surface area contributed by atoms with E-state index >= 15 is 0 Å². The summed E-state index contributed by atoms with van der Waals surface area (Å²) in [5, 5.41) is 13.2. The minimum absolute atomic E-state index is 0.343. The van der Waals surface area contributed by atoms with E-state index in [9.17, 15) is 5.26 Å². The van der Waals surface area contributed by atoms with Crippen LogP contribution >= 0.6 is 0 Å². The van der Waals surface area contributed by atoms with E-state index in [1.54, 1.807) is 0 Å². The molecule has 0 radical (unpaired) electrons. The Morgan fingerprint density at radius 1 is 1.38 bits per heavy atom. The number of fused-ring (bicyclic) bond motifs is 1. The number of hydrogen-bond acceptors (Lipinski definition) is 5. The van der Waals surface area contributed by atoms with Gasteiger partial charge in [0, 0.05) is 37.4 Å². The summed E-state index contributed by atoms with van der Waals surface area (Å²) in [6, 6.07) is 11.0. The van der Waals surface area contributed by atoms with Gasteiger partial charge in [0.2, 0.25) is 0 Å². The van der Waals surface area contributed by atoms with Gasteiger partial charge in [-0.1, -0.05) is 12.1 Å². The number of piperidine rings is 1. The summed E-state index contributed by atoms with van der Waals surface area (Å²) in [5.41, 5.74) is 12.7. The van der Waals surface area contributed by atoms with E-state index in [4.69, 9.17) is 5.73 Å². The molecular weight excluding hydrogens is 322 g/mol. The lowest BCUT2D eigenvalue weighted by Crippen LogP contribution is -2.35. The van der Waals surface area contributed by atoms with Crippen LogP contribution in [0.5, 0.6) is 0 Å². The van der Waals surface area contributed by atoms with E-state index < -0.39 is 0 Å². The highest BCUT2D eigenvalue weighted by atomic mass is 15.1. The largest absolute Gasteiger partial charge is 0.383 e. The first-order valence-electron chi connectivity index (χ1n) is 9.41. The van der Waals surface area contributed by atoms with Gasteiger partial charge in [-0.2, -0.15) is 5.26 Å². The number of hydrogen-bond donors (Lipinski definition) is 2. The molecule has 26 heavy (non-hydrogen) atoms. The van der Waals surface area contributed by atoms with Crippen molar-refractivity contribution in [1.29, 1.82) is 5.26 Å². The molecule has 4 rings (SSSR count). The lowest BCUT2D eigenvalue weighted by molar-refractivity contribution is 0.457. The molecule has 0 spiro atoms. The third-order valence-electron chi connectivity index (χ3n) is 5.61. The van der Waals surface area contributed by atoms with Crippen LogP contribution in [0.1, 0.15) is 46.7 Å². The molecule has 1 saturated heterocycles. The number of aryl methyl sites for hydroxylation is 1. The van der Waals surface area contributed by atoms with Gasteiger partial charge in [0.05, 0.1) is 5.56 Å². The van der Waals surface area contributed by atoms with Crippen molar-refractivity contribution in [3.8, 4) is 6.07 Å². The number of nitrogens with one attached hydrogen (secondary N) is 1. The van der Waals surface area contributed by atoms with Crippen molar-refractivity contribution in [3.05, 3.63) is 52.2 Å². The van der Waals surface area contributed by atoms with E-state index in [0.717, 1.165) is 56.7 Å². The standard InChI is InChI=1S/C21H25N5/c1-14-4-2-6-16(10-14)26-9-7-19-18(13-26)20(15-5-3-8-24-12-15)17(11-22)21(23)25-19/h2,4,6,10,15,24H,3,5,7-9,12-13H2,1H3,(H2,23,25). The molecule has 1 fully saturated rings. The van der Waals surface area contributed by atoms with Crippen LogP contribution in [0.4, 0.5) is 11.5 Å². The Bertz CT molecular complexity index is 861. The predicted octanol–water partition coefficient (Wildman–Crippen LogP) is 2.87. The van der Waals surface area contributed by atoms with Crippen molar-refractivity contribution in [2.45, 2.75) is 38.6 Å². The molecule has 2 aliphatic heterocycles. The zero-order chi connectivity index (χ0) is 18.1. The van der Waals surface area contributed by atoms with Crippen molar-refractivity contribution >= 4 is 11.5 Å². The highest BCUT2D eigenvalue weighted by Gasteiger charge is 2.29. The number of nitrogens with zero attached hydrogens (tertiary/aromatic N) is 3. The van der Waals surface area contributed by atoms with E-state index in [-0.39, 0.29) is 0 Å². The number of nitrogen functional groups attached to an aromatic ring is 1. The molecule has 0 amide bonds. The first-order chi connectivity index (χ1) is 12.7. The van der Waals surface area contributed by atoms with Crippen LogP contribution in [0, 0.1) is 18.3 Å². The Morgan fingerprint density at radius 2 is 2.27 bits per heavy atom. The van der Waals surface area contributed by atoms with Crippen molar-refractivity contribution in [1.82, 2.24) is 10.3 Å². The van der Waals surface area contributed by atoms with Crippen LogP contribution in [-0.2, 0) is 13.0 Å². The minimum Gasteiger partial charge on any atom is -0.383 e. The summed E-state index contributed by atoms with van der Waals surface area (Å²) in [6.45, 7) is 5.81. The van der Waals surface area contributed by atoms with Crippen molar-refractivity contribution in [2.75, 3.05) is 30.3 Å². The maximum atomic E-state index is 9.75. The number of pyridine rings is 1. The Kier molecular flexibility index (Phi) is 4.52. The number of rotatable bonds is 2. The van der Waals surface area contributed by atoms with E-state index in [1.807, 2.05) is 0 Å².